The van der Waals surface area contributed by atoms with Crippen LogP contribution in [0.5, 0.6) is 0 Å². The third-order valence-corrected chi connectivity index (χ3v) is 6.89. The molecule has 0 heterocycles. The van der Waals surface area contributed by atoms with Crippen molar-refractivity contribution in [3.8, 4) is 0 Å². The fourth-order valence-corrected chi connectivity index (χ4v) is 5.59. The van der Waals surface area contributed by atoms with Crippen LogP contribution in [0.3, 0.4) is 0 Å². The molecule has 0 saturated heterocycles. The second kappa shape index (κ2) is 4.28. The number of hydrogen-bond donors (Lipinski definition) is 1. The Morgan fingerprint density at radius 3 is 2.56 bits per heavy atom. The standard InChI is InChI=1S/C16H22OS/c1-15(2)12-8-9-16(15,14(17)10-12)11-18-13-6-4-3-5-7-13/h3-7,12,14,17H,8-11H2,1-2H3/t12-,14-,16-/m1/s1. The van der Waals surface area contributed by atoms with E-state index in [0.717, 1.165) is 18.1 Å². The first-order valence-electron chi connectivity index (χ1n) is 6.92. The Kier molecular flexibility index (Phi) is 2.98. The SMILES string of the molecule is CC1(C)[C@@H]2CC[C@@]1(CSc1ccccc1)[C@H](O)C2. The van der Waals surface area contributed by atoms with Crippen molar-refractivity contribution >= 4 is 11.8 Å². The van der Waals surface area contributed by atoms with Gasteiger partial charge in [0, 0.05) is 16.1 Å². The van der Waals surface area contributed by atoms with Crippen LogP contribution in [0.15, 0.2) is 35.2 Å². The summed E-state index contributed by atoms with van der Waals surface area (Å²) in [6.07, 6.45) is 3.43. The molecule has 2 saturated carbocycles. The minimum absolute atomic E-state index is 0.0949. The molecule has 0 aromatic heterocycles. The lowest BCUT2D eigenvalue weighted by molar-refractivity contribution is 0.0168. The molecule has 2 heteroatoms. The van der Waals surface area contributed by atoms with Crippen molar-refractivity contribution in [3.05, 3.63) is 30.3 Å². The third-order valence-electron chi connectivity index (χ3n) is 5.63. The summed E-state index contributed by atoms with van der Waals surface area (Å²) in [5, 5.41) is 10.5. The number of fused-ring (bicyclic) bond motifs is 2. The predicted molar refractivity (Wildman–Crippen MR) is 76.7 cm³/mol. The zero-order chi connectivity index (χ0) is 12.8. The van der Waals surface area contributed by atoms with Crippen LogP contribution in [-0.2, 0) is 0 Å². The van der Waals surface area contributed by atoms with Crippen molar-refractivity contribution in [3.63, 3.8) is 0 Å². The molecule has 0 unspecified atom stereocenters. The van der Waals surface area contributed by atoms with Crippen LogP contribution >= 0.6 is 11.8 Å². The van der Waals surface area contributed by atoms with Gasteiger partial charge in [0.15, 0.2) is 0 Å². The van der Waals surface area contributed by atoms with Crippen molar-refractivity contribution in [2.24, 2.45) is 16.7 Å². The van der Waals surface area contributed by atoms with Crippen molar-refractivity contribution in [1.29, 1.82) is 0 Å². The van der Waals surface area contributed by atoms with Gasteiger partial charge < -0.3 is 5.11 Å². The van der Waals surface area contributed by atoms with Crippen molar-refractivity contribution in [1.82, 2.24) is 0 Å². The summed E-state index contributed by atoms with van der Waals surface area (Å²) < 4.78 is 0. The molecule has 3 atom stereocenters. The lowest BCUT2D eigenvalue weighted by atomic mass is 9.70. The lowest BCUT2D eigenvalue weighted by Gasteiger charge is -2.40. The average molecular weight is 262 g/mol. The van der Waals surface area contributed by atoms with E-state index in [1.165, 1.54) is 17.7 Å². The maximum atomic E-state index is 10.5. The Morgan fingerprint density at radius 2 is 2.00 bits per heavy atom. The molecule has 18 heavy (non-hydrogen) atoms. The zero-order valence-electron chi connectivity index (χ0n) is 11.2. The Bertz CT molecular complexity index is 428. The van der Waals surface area contributed by atoms with E-state index in [2.05, 4.69) is 44.2 Å². The van der Waals surface area contributed by atoms with Gasteiger partial charge in [-0.3, -0.25) is 0 Å². The van der Waals surface area contributed by atoms with Crippen LogP contribution < -0.4 is 0 Å². The Morgan fingerprint density at radius 1 is 1.28 bits per heavy atom. The normalized spacial score (nSPS) is 37.1. The monoisotopic (exact) mass is 262 g/mol. The molecule has 1 aromatic carbocycles. The van der Waals surface area contributed by atoms with Gasteiger partial charge in [0.2, 0.25) is 0 Å². The van der Waals surface area contributed by atoms with E-state index in [9.17, 15) is 5.11 Å². The summed E-state index contributed by atoms with van der Waals surface area (Å²) >= 11 is 1.91. The summed E-state index contributed by atoms with van der Waals surface area (Å²) in [6.45, 7) is 4.73. The fraction of sp³-hybridized carbons (Fsp3) is 0.625. The van der Waals surface area contributed by atoms with Gasteiger partial charge in [-0.2, -0.15) is 0 Å². The molecule has 2 fully saturated rings. The molecule has 2 bridgehead atoms. The highest BCUT2D eigenvalue weighted by molar-refractivity contribution is 7.99. The molecule has 2 aliphatic rings. The molecule has 1 aromatic rings. The van der Waals surface area contributed by atoms with E-state index in [1.807, 2.05) is 11.8 Å². The highest BCUT2D eigenvalue weighted by atomic mass is 32.2. The summed E-state index contributed by atoms with van der Waals surface area (Å²) in [7, 11) is 0. The second-order valence-corrected chi connectivity index (χ2v) is 7.52. The number of aliphatic hydroxyl groups is 1. The van der Waals surface area contributed by atoms with E-state index >= 15 is 0 Å². The van der Waals surface area contributed by atoms with Crippen LogP contribution in [0.4, 0.5) is 0 Å². The van der Waals surface area contributed by atoms with Gasteiger partial charge in [-0.15, -0.1) is 11.8 Å². The smallest absolute Gasteiger partial charge is 0.0612 e. The maximum absolute atomic E-state index is 10.5. The first-order chi connectivity index (χ1) is 8.56. The molecule has 3 rings (SSSR count). The van der Waals surface area contributed by atoms with Gasteiger partial charge in [0.1, 0.15) is 0 Å². The number of rotatable bonds is 3. The largest absolute Gasteiger partial charge is 0.392 e. The fourth-order valence-electron chi connectivity index (χ4n) is 4.11. The van der Waals surface area contributed by atoms with Crippen LogP contribution in [0.25, 0.3) is 0 Å². The second-order valence-electron chi connectivity index (χ2n) is 6.47. The van der Waals surface area contributed by atoms with Crippen molar-refractivity contribution < 1.29 is 5.11 Å². The van der Waals surface area contributed by atoms with Gasteiger partial charge >= 0.3 is 0 Å². The minimum Gasteiger partial charge on any atom is -0.392 e. The molecule has 1 nitrogen and oxygen atoms in total. The highest BCUT2D eigenvalue weighted by Gasteiger charge is 2.63. The molecule has 0 spiro atoms. The summed E-state index contributed by atoms with van der Waals surface area (Å²) in [5.74, 6) is 1.78. The van der Waals surface area contributed by atoms with E-state index in [1.54, 1.807) is 0 Å². The third kappa shape index (κ3) is 1.65. The van der Waals surface area contributed by atoms with Crippen LogP contribution in [0.1, 0.15) is 33.1 Å². The zero-order valence-corrected chi connectivity index (χ0v) is 12.0. The minimum atomic E-state index is -0.0949. The van der Waals surface area contributed by atoms with Crippen molar-refractivity contribution in [2.75, 3.05) is 5.75 Å². The number of thioether (sulfide) groups is 1. The quantitative estimate of drug-likeness (QED) is 0.832. The van der Waals surface area contributed by atoms with Crippen molar-refractivity contribution in [2.45, 2.75) is 44.1 Å². The average Bonchev–Trinajstić information content (AvgIpc) is 2.72. The summed E-state index contributed by atoms with van der Waals surface area (Å²) in [5.41, 5.74) is 0.437. The lowest BCUT2D eigenvalue weighted by Crippen LogP contribution is -2.40. The molecule has 0 radical (unpaired) electrons. The van der Waals surface area contributed by atoms with Gasteiger partial charge in [-0.1, -0.05) is 32.0 Å². The van der Waals surface area contributed by atoms with E-state index in [0.29, 0.717) is 5.41 Å². The van der Waals surface area contributed by atoms with Gasteiger partial charge in [0.25, 0.3) is 0 Å². The number of aliphatic hydroxyl groups excluding tert-OH is 1. The molecule has 98 valence electrons. The van der Waals surface area contributed by atoms with Gasteiger partial charge in [-0.25, -0.2) is 0 Å². The number of hydrogen-bond acceptors (Lipinski definition) is 2. The molecule has 2 aliphatic carbocycles. The molecule has 1 N–H and O–H groups in total. The number of benzene rings is 1. The Hall–Kier alpha value is -0.470. The Balaban J connectivity index is 1.79. The molecular formula is C16H22OS. The Labute approximate surface area is 114 Å². The van der Waals surface area contributed by atoms with Crippen LogP contribution in [0, 0.1) is 16.7 Å². The van der Waals surface area contributed by atoms with E-state index in [4.69, 9.17) is 0 Å². The summed E-state index contributed by atoms with van der Waals surface area (Å²) in [4.78, 5) is 1.32. The maximum Gasteiger partial charge on any atom is 0.0612 e. The predicted octanol–water partition coefficient (Wildman–Crippen LogP) is 3.97. The van der Waals surface area contributed by atoms with E-state index in [-0.39, 0.29) is 11.5 Å². The highest BCUT2D eigenvalue weighted by Crippen LogP contribution is 2.66. The van der Waals surface area contributed by atoms with E-state index < -0.39 is 0 Å². The molecule has 0 amide bonds. The van der Waals surface area contributed by atoms with Crippen LogP contribution in [-0.4, -0.2) is 17.0 Å². The first-order valence-corrected chi connectivity index (χ1v) is 7.91. The topological polar surface area (TPSA) is 20.2 Å². The first kappa shape index (κ1) is 12.6. The summed E-state index contributed by atoms with van der Waals surface area (Å²) in [6, 6.07) is 10.6. The van der Waals surface area contributed by atoms with Crippen LogP contribution in [0.2, 0.25) is 0 Å². The van der Waals surface area contributed by atoms with Gasteiger partial charge in [-0.05, 0) is 42.7 Å². The molecular weight excluding hydrogens is 240 g/mol. The van der Waals surface area contributed by atoms with Gasteiger partial charge in [0.05, 0.1) is 6.10 Å². The molecule has 0 aliphatic heterocycles.